The highest BCUT2D eigenvalue weighted by atomic mass is 14.2. The summed E-state index contributed by atoms with van der Waals surface area (Å²) < 4.78 is 0. The van der Waals surface area contributed by atoms with E-state index in [1.807, 2.05) is 0 Å². The highest BCUT2D eigenvalue weighted by molar-refractivity contribution is 5.66. The van der Waals surface area contributed by atoms with Gasteiger partial charge < -0.3 is 0 Å². The summed E-state index contributed by atoms with van der Waals surface area (Å²) in [6.45, 7) is 4.36. The van der Waals surface area contributed by atoms with Crippen LogP contribution in [0.15, 0.2) is 47.5 Å². The number of aryl methyl sites for hydroxylation is 2. The zero-order valence-electron chi connectivity index (χ0n) is 13.4. The third-order valence-electron chi connectivity index (χ3n) is 4.92. The number of hydrogen-bond acceptors (Lipinski definition) is 0. The zero-order chi connectivity index (χ0) is 15.1. The van der Waals surface area contributed by atoms with Gasteiger partial charge in [0.15, 0.2) is 0 Å². The molecule has 0 aliphatic heterocycles. The van der Waals surface area contributed by atoms with E-state index in [1.54, 1.807) is 11.1 Å². The lowest BCUT2D eigenvalue weighted by Gasteiger charge is -2.04. The normalized spacial score (nSPS) is 15.4. The van der Waals surface area contributed by atoms with E-state index in [-0.39, 0.29) is 0 Å². The van der Waals surface area contributed by atoms with Crippen LogP contribution in [-0.4, -0.2) is 0 Å². The average Bonchev–Trinajstić information content (AvgIpc) is 3.07. The predicted octanol–water partition coefficient (Wildman–Crippen LogP) is 5.66. The van der Waals surface area contributed by atoms with Crippen molar-refractivity contribution in [1.29, 1.82) is 0 Å². The Morgan fingerprint density at radius 3 is 2.14 bits per heavy atom. The van der Waals surface area contributed by atoms with Crippen molar-refractivity contribution >= 4 is 12.2 Å². The van der Waals surface area contributed by atoms with Gasteiger partial charge in [0, 0.05) is 0 Å². The summed E-state index contributed by atoms with van der Waals surface area (Å²) in [5, 5.41) is 0. The fourth-order valence-corrected chi connectivity index (χ4v) is 3.71. The molecule has 0 heterocycles. The minimum absolute atomic E-state index is 1.15. The molecule has 0 nitrogen and oxygen atoms in total. The van der Waals surface area contributed by atoms with Crippen LogP contribution in [0.4, 0.5) is 0 Å². The maximum Gasteiger partial charge on any atom is -0.00576 e. The fourth-order valence-electron chi connectivity index (χ4n) is 3.71. The predicted molar refractivity (Wildman–Crippen MR) is 95.0 cm³/mol. The first-order valence-corrected chi connectivity index (χ1v) is 8.25. The fraction of sp³-hybridized carbons (Fsp3) is 0.273. The highest BCUT2D eigenvalue weighted by Gasteiger charge is 2.16. The standard InChI is InChI=1S/C22H22/c1-15-3-7-19-11-17(13-21(19)9-15)5-6-18-12-20-8-4-16(2)10-22(20)14-18/h3-4,7-11,14H,5-6,12-13H2,1-2H3. The molecule has 0 radical (unpaired) electrons. The van der Waals surface area contributed by atoms with E-state index < -0.39 is 0 Å². The Labute approximate surface area is 133 Å². The topological polar surface area (TPSA) is 0 Å². The van der Waals surface area contributed by atoms with Gasteiger partial charge in [0.05, 0.1) is 0 Å². The Morgan fingerprint density at radius 1 is 0.682 bits per heavy atom. The first-order valence-electron chi connectivity index (χ1n) is 8.25. The summed E-state index contributed by atoms with van der Waals surface area (Å²) in [5.74, 6) is 0. The van der Waals surface area contributed by atoms with E-state index in [1.165, 1.54) is 46.2 Å². The van der Waals surface area contributed by atoms with Crippen molar-refractivity contribution in [3.63, 3.8) is 0 Å². The molecule has 0 saturated heterocycles. The molecular formula is C22H22. The molecule has 2 aromatic carbocycles. The average molecular weight is 286 g/mol. The maximum absolute atomic E-state index is 2.41. The molecule has 0 heteroatoms. The molecule has 2 aliphatic rings. The quantitative estimate of drug-likeness (QED) is 0.682. The van der Waals surface area contributed by atoms with E-state index >= 15 is 0 Å². The van der Waals surface area contributed by atoms with Gasteiger partial charge in [-0.2, -0.15) is 0 Å². The van der Waals surface area contributed by atoms with Crippen molar-refractivity contribution in [2.75, 3.05) is 0 Å². The SMILES string of the molecule is Cc1ccc2c(c1)C=C(CCC1=Cc3ccc(C)cc3C1)C2. The van der Waals surface area contributed by atoms with Gasteiger partial charge >= 0.3 is 0 Å². The number of allylic oxidation sites excluding steroid dienone is 2. The van der Waals surface area contributed by atoms with Crippen LogP contribution in [0.2, 0.25) is 0 Å². The van der Waals surface area contributed by atoms with Crippen molar-refractivity contribution in [3.8, 4) is 0 Å². The highest BCUT2D eigenvalue weighted by Crippen LogP contribution is 2.32. The van der Waals surface area contributed by atoms with Crippen molar-refractivity contribution in [2.45, 2.75) is 39.5 Å². The number of benzene rings is 2. The molecule has 0 N–H and O–H groups in total. The van der Waals surface area contributed by atoms with Crippen molar-refractivity contribution in [3.05, 3.63) is 80.9 Å². The number of hydrogen-bond donors (Lipinski definition) is 0. The second kappa shape index (κ2) is 5.28. The molecular weight excluding hydrogens is 264 g/mol. The summed E-state index contributed by atoms with van der Waals surface area (Å²) in [6.07, 6.45) is 9.51. The molecule has 0 unspecified atom stereocenters. The van der Waals surface area contributed by atoms with Crippen LogP contribution in [0, 0.1) is 13.8 Å². The minimum Gasteiger partial charge on any atom is -0.0649 e. The van der Waals surface area contributed by atoms with Crippen LogP contribution in [0.5, 0.6) is 0 Å². The molecule has 0 aromatic heterocycles. The number of fused-ring (bicyclic) bond motifs is 2. The van der Waals surface area contributed by atoms with Crippen LogP contribution in [0.1, 0.15) is 46.2 Å². The zero-order valence-corrected chi connectivity index (χ0v) is 13.4. The molecule has 0 amide bonds. The third-order valence-corrected chi connectivity index (χ3v) is 4.92. The van der Waals surface area contributed by atoms with Crippen LogP contribution >= 0.6 is 0 Å². The molecule has 4 rings (SSSR count). The van der Waals surface area contributed by atoms with Crippen molar-refractivity contribution < 1.29 is 0 Å². The van der Waals surface area contributed by atoms with Crippen LogP contribution in [-0.2, 0) is 12.8 Å². The molecule has 22 heavy (non-hydrogen) atoms. The maximum atomic E-state index is 2.41. The summed E-state index contributed by atoms with van der Waals surface area (Å²) in [6, 6.07) is 13.7. The van der Waals surface area contributed by atoms with Gasteiger partial charge in [-0.25, -0.2) is 0 Å². The molecule has 0 saturated carbocycles. The van der Waals surface area contributed by atoms with Crippen LogP contribution < -0.4 is 0 Å². The van der Waals surface area contributed by atoms with Gasteiger partial charge in [0.1, 0.15) is 0 Å². The Morgan fingerprint density at radius 2 is 1.32 bits per heavy atom. The third kappa shape index (κ3) is 2.54. The Hall–Kier alpha value is -2.08. The molecule has 110 valence electrons. The molecule has 0 bridgehead atoms. The first-order chi connectivity index (χ1) is 10.7. The number of rotatable bonds is 3. The lowest BCUT2D eigenvalue weighted by Crippen LogP contribution is -1.89. The van der Waals surface area contributed by atoms with E-state index in [2.05, 4.69) is 62.4 Å². The van der Waals surface area contributed by atoms with Gasteiger partial charge in [-0.15, -0.1) is 0 Å². The molecule has 2 aromatic rings. The van der Waals surface area contributed by atoms with Crippen LogP contribution in [0.25, 0.3) is 12.2 Å². The summed E-state index contributed by atoms with van der Waals surface area (Å²) >= 11 is 0. The van der Waals surface area contributed by atoms with Gasteiger partial charge in [-0.1, -0.05) is 70.8 Å². The largest absolute Gasteiger partial charge is 0.0649 e. The van der Waals surface area contributed by atoms with Gasteiger partial charge in [-0.3, -0.25) is 0 Å². The molecule has 0 fully saturated rings. The van der Waals surface area contributed by atoms with Crippen LogP contribution in [0.3, 0.4) is 0 Å². The second-order valence-electron chi connectivity index (χ2n) is 6.86. The smallest absolute Gasteiger partial charge is 0.00576 e. The second-order valence-corrected chi connectivity index (χ2v) is 6.86. The monoisotopic (exact) mass is 286 g/mol. The minimum atomic E-state index is 1.15. The summed E-state index contributed by atoms with van der Waals surface area (Å²) in [4.78, 5) is 0. The summed E-state index contributed by atoms with van der Waals surface area (Å²) in [5.41, 5.74) is 11.8. The lowest BCUT2D eigenvalue weighted by atomic mass is 10.0. The first kappa shape index (κ1) is 13.6. The lowest BCUT2D eigenvalue weighted by molar-refractivity contribution is 0.886. The molecule has 0 spiro atoms. The Bertz CT molecular complexity index is 803. The van der Waals surface area contributed by atoms with E-state index in [9.17, 15) is 0 Å². The van der Waals surface area contributed by atoms with Crippen molar-refractivity contribution in [1.82, 2.24) is 0 Å². The van der Waals surface area contributed by atoms with Gasteiger partial charge in [0.2, 0.25) is 0 Å². The van der Waals surface area contributed by atoms with E-state index in [4.69, 9.17) is 0 Å². The van der Waals surface area contributed by atoms with Gasteiger partial charge in [0.25, 0.3) is 0 Å². The van der Waals surface area contributed by atoms with E-state index in [0.717, 1.165) is 12.8 Å². The summed E-state index contributed by atoms with van der Waals surface area (Å²) in [7, 11) is 0. The van der Waals surface area contributed by atoms with Crippen molar-refractivity contribution in [2.24, 2.45) is 0 Å². The Balaban J connectivity index is 1.42. The molecule has 2 aliphatic carbocycles. The van der Waals surface area contributed by atoms with Gasteiger partial charge in [-0.05, 0) is 61.8 Å². The van der Waals surface area contributed by atoms with E-state index in [0.29, 0.717) is 0 Å². The Kier molecular flexibility index (Phi) is 3.26. The molecule has 0 atom stereocenters.